The van der Waals surface area contributed by atoms with E-state index in [0.717, 1.165) is 19.6 Å². The monoisotopic (exact) mass is 454 g/mol. The van der Waals surface area contributed by atoms with Gasteiger partial charge < -0.3 is 14.7 Å². The van der Waals surface area contributed by atoms with E-state index < -0.39 is 12.1 Å². The van der Waals surface area contributed by atoms with Crippen LogP contribution in [0.2, 0.25) is 0 Å². The minimum absolute atomic E-state index is 0.0889. The summed E-state index contributed by atoms with van der Waals surface area (Å²) < 4.78 is 39.4. The van der Waals surface area contributed by atoms with Gasteiger partial charge in [-0.1, -0.05) is 29.8 Å². The van der Waals surface area contributed by atoms with E-state index >= 15 is 0 Å². The van der Waals surface area contributed by atoms with Crippen molar-refractivity contribution in [3.63, 3.8) is 0 Å². The number of carbonyl (C=O) groups is 2. The van der Waals surface area contributed by atoms with E-state index in [1.165, 1.54) is 16.7 Å². The molecule has 2 atom stereocenters. The number of aryl methyl sites for hydroxylation is 2. The van der Waals surface area contributed by atoms with Gasteiger partial charge in [0.1, 0.15) is 6.61 Å². The zero-order valence-electron chi connectivity index (χ0n) is 17.7. The van der Waals surface area contributed by atoms with E-state index in [4.69, 9.17) is 14.6 Å². The Labute approximate surface area is 183 Å². The molecule has 8 nitrogen and oxygen atoms in total. The number of hydrogen-bond donors (Lipinski definition) is 1. The molecule has 0 bridgehead atoms. The summed E-state index contributed by atoms with van der Waals surface area (Å²) in [6.45, 7) is 5.48. The number of alkyl halides is 3. The summed E-state index contributed by atoms with van der Waals surface area (Å²) in [5.74, 6) is -2.67. The number of aliphatic carboxylic acids is 1. The second kappa shape index (κ2) is 9.70. The van der Waals surface area contributed by atoms with Crippen LogP contribution in [0.5, 0.6) is 0 Å². The molecule has 0 spiro atoms. The van der Waals surface area contributed by atoms with Gasteiger partial charge in [0.2, 0.25) is 5.91 Å². The van der Waals surface area contributed by atoms with Crippen LogP contribution in [0.4, 0.5) is 13.2 Å². The topological polar surface area (TPSA) is 87.9 Å². The molecule has 0 radical (unpaired) electrons. The minimum Gasteiger partial charge on any atom is -0.475 e. The fourth-order valence-corrected chi connectivity index (χ4v) is 3.90. The molecule has 4 rings (SSSR count). The molecule has 3 heterocycles. The van der Waals surface area contributed by atoms with Gasteiger partial charge in [-0.3, -0.25) is 14.4 Å². The Morgan fingerprint density at radius 2 is 1.97 bits per heavy atom. The molecule has 2 saturated heterocycles. The van der Waals surface area contributed by atoms with Gasteiger partial charge in [-0.15, -0.1) is 0 Å². The Bertz CT molecular complexity index is 963. The Morgan fingerprint density at radius 1 is 1.25 bits per heavy atom. The van der Waals surface area contributed by atoms with E-state index in [9.17, 15) is 18.0 Å². The van der Waals surface area contributed by atoms with Crippen LogP contribution in [0, 0.1) is 6.92 Å². The van der Waals surface area contributed by atoms with E-state index in [1.54, 1.807) is 0 Å². The van der Waals surface area contributed by atoms with Crippen LogP contribution in [-0.2, 0) is 34.5 Å². The first-order valence-corrected chi connectivity index (χ1v) is 9.99. The van der Waals surface area contributed by atoms with Crippen molar-refractivity contribution in [2.45, 2.75) is 38.3 Å². The fourth-order valence-electron chi connectivity index (χ4n) is 3.90. The van der Waals surface area contributed by atoms with Crippen molar-refractivity contribution < 1.29 is 32.6 Å². The summed E-state index contributed by atoms with van der Waals surface area (Å²) in [6, 6.07) is 8.50. The number of ether oxygens (including phenoxy) is 1. The molecule has 0 unspecified atom stereocenters. The van der Waals surface area contributed by atoms with Crippen molar-refractivity contribution in [1.29, 1.82) is 0 Å². The van der Waals surface area contributed by atoms with Gasteiger partial charge in [-0.05, 0) is 12.5 Å². The molecule has 1 aromatic heterocycles. The number of carboxylic acid groups (broad SMARTS) is 1. The first-order valence-electron chi connectivity index (χ1n) is 9.99. The van der Waals surface area contributed by atoms with E-state index in [0.29, 0.717) is 6.54 Å². The highest BCUT2D eigenvalue weighted by Gasteiger charge is 2.43. The normalized spacial score (nSPS) is 21.2. The highest BCUT2D eigenvalue weighted by atomic mass is 19.4. The number of nitrogens with zero attached hydrogens (tertiary/aromatic N) is 4. The molecule has 0 aliphatic carbocycles. The number of halogens is 3. The van der Waals surface area contributed by atoms with Crippen molar-refractivity contribution in [2.75, 3.05) is 19.7 Å². The highest BCUT2D eigenvalue weighted by Crippen LogP contribution is 2.26. The van der Waals surface area contributed by atoms with Crippen LogP contribution >= 0.6 is 0 Å². The quantitative estimate of drug-likeness (QED) is 0.760. The number of carbonyl (C=O) groups excluding carboxylic acids is 1. The molecule has 1 amide bonds. The lowest BCUT2D eigenvalue weighted by Crippen LogP contribution is -2.53. The first kappa shape index (κ1) is 23.7. The fraction of sp³-hybridized carbons (Fsp3) is 0.476. The van der Waals surface area contributed by atoms with Crippen LogP contribution < -0.4 is 0 Å². The maximum atomic E-state index is 12.5. The average molecular weight is 454 g/mol. The summed E-state index contributed by atoms with van der Waals surface area (Å²) >= 11 is 0. The van der Waals surface area contributed by atoms with Gasteiger partial charge in [0, 0.05) is 45.0 Å². The number of carboxylic acids is 1. The maximum Gasteiger partial charge on any atom is 0.490 e. The number of fused-ring (bicyclic) bond motifs is 1. The standard InChI is InChI=1S/C19H24N4O2.C2HF3O2/c1-14-4-3-5-15(6-14)10-23-17-11-22(9-16-7-20-21(2)8-16)12-18(17)25-13-19(23)24;3-2(4,5)1(6)7/h3-8,17-18H,9-13H2,1-2H3;(H,6,7)/t17-,18-;/m1./s1. The smallest absolute Gasteiger partial charge is 0.475 e. The number of hydrogen-bond acceptors (Lipinski definition) is 5. The number of rotatable bonds is 4. The maximum absolute atomic E-state index is 12.5. The van der Waals surface area contributed by atoms with E-state index in [2.05, 4.69) is 41.2 Å². The van der Waals surface area contributed by atoms with Crippen LogP contribution in [0.1, 0.15) is 16.7 Å². The van der Waals surface area contributed by atoms with Crippen molar-refractivity contribution >= 4 is 11.9 Å². The Hall–Kier alpha value is -2.92. The molecular weight excluding hydrogens is 429 g/mol. The molecule has 0 saturated carbocycles. The van der Waals surface area contributed by atoms with Crippen molar-refractivity contribution in [3.05, 3.63) is 53.3 Å². The van der Waals surface area contributed by atoms with Gasteiger partial charge in [0.05, 0.1) is 18.3 Å². The molecule has 11 heteroatoms. The summed E-state index contributed by atoms with van der Waals surface area (Å²) in [5.41, 5.74) is 3.59. The number of amides is 1. The Balaban J connectivity index is 0.000000360. The molecule has 2 aliphatic heterocycles. The van der Waals surface area contributed by atoms with Crippen LogP contribution in [0.3, 0.4) is 0 Å². The first-order chi connectivity index (χ1) is 15.0. The summed E-state index contributed by atoms with van der Waals surface area (Å²) in [5, 5.41) is 11.4. The van der Waals surface area contributed by atoms with Gasteiger partial charge >= 0.3 is 12.1 Å². The van der Waals surface area contributed by atoms with Crippen LogP contribution in [-0.4, -0.2) is 74.6 Å². The second-order valence-electron chi connectivity index (χ2n) is 7.95. The van der Waals surface area contributed by atoms with Gasteiger partial charge in [-0.25, -0.2) is 4.79 Å². The van der Waals surface area contributed by atoms with Crippen molar-refractivity contribution in [3.8, 4) is 0 Å². The summed E-state index contributed by atoms with van der Waals surface area (Å²) in [7, 11) is 1.93. The van der Waals surface area contributed by atoms with Crippen molar-refractivity contribution in [1.82, 2.24) is 19.6 Å². The van der Waals surface area contributed by atoms with Crippen molar-refractivity contribution in [2.24, 2.45) is 7.05 Å². The van der Waals surface area contributed by atoms with Gasteiger partial charge in [0.25, 0.3) is 0 Å². The Kier molecular flexibility index (Phi) is 7.19. The third kappa shape index (κ3) is 6.07. The molecule has 2 aliphatic rings. The molecule has 2 aromatic rings. The average Bonchev–Trinajstić information content (AvgIpc) is 3.30. The largest absolute Gasteiger partial charge is 0.490 e. The van der Waals surface area contributed by atoms with Crippen LogP contribution in [0.25, 0.3) is 0 Å². The molecule has 174 valence electrons. The van der Waals surface area contributed by atoms with Crippen LogP contribution in [0.15, 0.2) is 36.7 Å². The molecule has 2 fully saturated rings. The summed E-state index contributed by atoms with van der Waals surface area (Å²) in [4.78, 5) is 25.7. The Morgan fingerprint density at radius 3 is 2.56 bits per heavy atom. The number of benzene rings is 1. The third-order valence-corrected chi connectivity index (χ3v) is 5.30. The summed E-state index contributed by atoms with van der Waals surface area (Å²) in [6.07, 6.45) is -1.05. The lowest BCUT2D eigenvalue weighted by molar-refractivity contribution is -0.192. The third-order valence-electron chi connectivity index (χ3n) is 5.30. The van der Waals surface area contributed by atoms with E-state index in [-0.39, 0.29) is 24.7 Å². The highest BCUT2D eigenvalue weighted by molar-refractivity contribution is 5.78. The lowest BCUT2D eigenvalue weighted by Gasteiger charge is -2.37. The van der Waals surface area contributed by atoms with E-state index in [1.807, 2.05) is 29.0 Å². The lowest BCUT2D eigenvalue weighted by atomic mass is 10.1. The SMILES string of the molecule is Cc1cccc(CN2C(=O)CO[C@@H]3CN(Cc4cnn(C)c4)C[C@H]32)c1.O=C(O)C(F)(F)F. The number of morpholine rings is 1. The zero-order chi connectivity index (χ0) is 23.5. The number of aromatic nitrogens is 2. The predicted octanol–water partition coefficient (Wildman–Crippen LogP) is 1.97. The number of likely N-dealkylation sites (tertiary alicyclic amines) is 1. The second-order valence-corrected chi connectivity index (χ2v) is 7.95. The molecule has 1 N–H and O–H groups in total. The predicted molar refractivity (Wildman–Crippen MR) is 107 cm³/mol. The molecule has 32 heavy (non-hydrogen) atoms. The zero-order valence-corrected chi connectivity index (χ0v) is 17.7. The van der Waals surface area contributed by atoms with Gasteiger partial charge in [-0.2, -0.15) is 18.3 Å². The van der Waals surface area contributed by atoms with Gasteiger partial charge in [0.15, 0.2) is 0 Å². The molecular formula is C21H25F3N4O4. The minimum atomic E-state index is -5.08. The molecule has 1 aromatic carbocycles.